The van der Waals surface area contributed by atoms with Gasteiger partial charge in [0.25, 0.3) is 0 Å². The van der Waals surface area contributed by atoms with Gasteiger partial charge in [-0.05, 0) is 68.8 Å². The van der Waals surface area contributed by atoms with Gasteiger partial charge in [0, 0.05) is 41.0 Å². The molecule has 1 N–H and O–H groups in total. The molecule has 2 aromatic rings. The molecular formula is C22H28N4O2S. The number of carbonyl (C=O) groups excluding carboxylic acids is 2. The molecule has 2 heterocycles. The smallest absolute Gasteiger partial charge is 0.229 e. The molecule has 1 fully saturated rings. The van der Waals surface area contributed by atoms with Crippen molar-refractivity contribution in [3.05, 3.63) is 41.7 Å². The van der Waals surface area contributed by atoms with E-state index in [4.69, 9.17) is 0 Å². The van der Waals surface area contributed by atoms with Crippen molar-refractivity contribution in [1.82, 2.24) is 14.9 Å². The average molecular weight is 413 g/mol. The normalized spacial score (nSPS) is 16.7. The van der Waals surface area contributed by atoms with Gasteiger partial charge in [0.15, 0.2) is 5.16 Å². The molecule has 6 nitrogen and oxygen atoms in total. The molecule has 0 spiro atoms. The minimum Gasteiger partial charge on any atom is -0.342 e. The topological polar surface area (TPSA) is 75.2 Å². The molecule has 0 bridgehead atoms. The van der Waals surface area contributed by atoms with E-state index in [1.54, 1.807) is 0 Å². The summed E-state index contributed by atoms with van der Waals surface area (Å²) in [5, 5.41) is 3.71. The average Bonchev–Trinajstić information content (AvgIpc) is 2.68. The van der Waals surface area contributed by atoms with Crippen molar-refractivity contribution in [2.45, 2.75) is 50.6 Å². The lowest BCUT2D eigenvalue weighted by atomic mass is 9.96. The Morgan fingerprint density at radius 3 is 2.41 bits per heavy atom. The second kappa shape index (κ2) is 9.39. The van der Waals surface area contributed by atoms with Crippen molar-refractivity contribution in [2.24, 2.45) is 11.8 Å². The van der Waals surface area contributed by atoms with Crippen LogP contribution in [0.4, 0.5) is 5.69 Å². The number of carbonyl (C=O) groups is 2. The summed E-state index contributed by atoms with van der Waals surface area (Å²) in [6, 6.07) is 9.64. The zero-order valence-corrected chi connectivity index (χ0v) is 18.3. The SMILES string of the molecule is Cc1cc(C)nc(Sc2ccc(NC(=O)[C@@H]3CCCN(C(=O)C(C)C)C3)cc2)n1. The molecule has 3 rings (SSSR count). The molecule has 0 unspecified atom stereocenters. The van der Waals surface area contributed by atoms with Crippen molar-refractivity contribution < 1.29 is 9.59 Å². The fourth-order valence-corrected chi connectivity index (χ4v) is 4.31. The summed E-state index contributed by atoms with van der Waals surface area (Å²) in [7, 11) is 0. The molecule has 2 amide bonds. The van der Waals surface area contributed by atoms with Gasteiger partial charge in [0.05, 0.1) is 5.92 Å². The van der Waals surface area contributed by atoms with Crippen LogP contribution in [0.3, 0.4) is 0 Å². The number of aryl methyl sites for hydroxylation is 2. The van der Waals surface area contributed by atoms with Gasteiger partial charge >= 0.3 is 0 Å². The maximum atomic E-state index is 12.7. The number of nitrogens with one attached hydrogen (secondary N) is 1. The lowest BCUT2D eigenvalue weighted by Crippen LogP contribution is -2.45. The number of amides is 2. The quantitative estimate of drug-likeness (QED) is 0.749. The number of hydrogen-bond donors (Lipinski definition) is 1. The van der Waals surface area contributed by atoms with Crippen LogP contribution in [0.2, 0.25) is 0 Å². The van der Waals surface area contributed by atoms with Crippen molar-refractivity contribution >= 4 is 29.3 Å². The van der Waals surface area contributed by atoms with Crippen LogP contribution in [0.5, 0.6) is 0 Å². The molecule has 1 aliphatic heterocycles. The summed E-state index contributed by atoms with van der Waals surface area (Å²) in [5.41, 5.74) is 2.65. The third-order valence-corrected chi connectivity index (χ3v) is 5.76. The van der Waals surface area contributed by atoms with Gasteiger partial charge in [-0.15, -0.1) is 0 Å². The molecule has 1 aliphatic rings. The number of aromatic nitrogens is 2. The van der Waals surface area contributed by atoms with Crippen LogP contribution in [0, 0.1) is 25.7 Å². The second-order valence-corrected chi connectivity index (χ2v) is 8.87. The van der Waals surface area contributed by atoms with Gasteiger partial charge in [0.1, 0.15) is 0 Å². The highest BCUT2D eigenvalue weighted by atomic mass is 32.2. The summed E-state index contributed by atoms with van der Waals surface area (Å²) in [6.45, 7) is 8.95. The summed E-state index contributed by atoms with van der Waals surface area (Å²) in [4.78, 5) is 36.6. The van der Waals surface area contributed by atoms with E-state index in [0.717, 1.165) is 46.5 Å². The van der Waals surface area contributed by atoms with E-state index < -0.39 is 0 Å². The molecular weight excluding hydrogens is 384 g/mol. The van der Waals surface area contributed by atoms with Crippen molar-refractivity contribution in [1.29, 1.82) is 0 Å². The van der Waals surface area contributed by atoms with E-state index in [-0.39, 0.29) is 23.7 Å². The summed E-state index contributed by atoms with van der Waals surface area (Å²) < 4.78 is 0. The van der Waals surface area contributed by atoms with Gasteiger partial charge in [-0.25, -0.2) is 9.97 Å². The molecule has 0 aliphatic carbocycles. The predicted octanol–water partition coefficient (Wildman–Crippen LogP) is 4.08. The van der Waals surface area contributed by atoms with E-state index >= 15 is 0 Å². The number of hydrogen-bond acceptors (Lipinski definition) is 5. The molecule has 0 saturated carbocycles. The first-order valence-corrected chi connectivity index (χ1v) is 10.8. The fourth-order valence-electron chi connectivity index (χ4n) is 3.45. The Morgan fingerprint density at radius 2 is 1.79 bits per heavy atom. The van der Waals surface area contributed by atoms with Crippen LogP contribution in [0.1, 0.15) is 38.1 Å². The Kier molecular flexibility index (Phi) is 6.90. The number of likely N-dealkylation sites (tertiary alicyclic amines) is 1. The van der Waals surface area contributed by atoms with E-state index in [2.05, 4.69) is 15.3 Å². The molecule has 1 saturated heterocycles. The second-order valence-electron chi connectivity index (χ2n) is 7.83. The molecule has 7 heteroatoms. The third-order valence-electron chi connectivity index (χ3n) is 4.89. The van der Waals surface area contributed by atoms with E-state index in [1.165, 1.54) is 11.8 Å². The fraction of sp³-hybridized carbons (Fsp3) is 0.455. The number of nitrogens with zero attached hydrogens (tertiary/aromatic N) is 3. The number of piperidine rings is 1. The molecule has 0 radical (unpaired) electrons. The number of anilines is 1. The van der Waals surface area contributed by atoms with Crippen LogP contribution >= 0.6 is 11.8 Å². The minimum absolute atomic E-state index is 0.0238. The monoisotopic (exact) mass is 412 g/mol. The summed E-state index contributed by atoms with van der Waals surface area (Å²) in [6.07, 6.45) is 1.67. The Balaban J connectivity index is 1.59. The lowest BCUT2D eigenvalue weighted by Gasteiger charge is -2.33. The summed E-state index contributed by atoms with van der Waals surface area (Å²) in [5.74, 6) is -0.103. The predicted molar refractivity (Wildman–Crippen MR) is 115 cm³/mol. The van der Waals surface area contributed by atoms with Crippen LogP contribution in [0.15, 0.2) is 40.4 Å². The molecule has 1 aromatic carbocycles. The van der Waals surface area contributed by atoms with Gasteiger partial charge in [0.2, 0.25) is 11.8 Å². The Bertz CT molecular complexity index is 863. The van der Waals surface area contributed by atoms with Gasteiger partial charge in [-0.3, -0.25) is 9.59 Å². The van der Waals surface area contributed by atoms with E-state index in [1.807, 2.05) is 62.9 Å². The first-order valence-electron chi connectivity index (χ1n) is 10.0. The highest BCUT2D eigenvalue weighted by Crippen LogP contribution is 2.27. The Labute approximate surface area is 176 Å². The zero-order valence-electron chi connectivity index (χ0n) is 17.4. The largest absolute Gasteiger partial charge is 0.342 e. The first-order chi connectivity index (χ1) is 13.8. The highest BCUT2D eigenvalue weighted by molar-refractivity contribution is 7.99. The maximum absolute atomic E-state index is 12.7. The summed E-state index contributed by atoms with van der Waals surface area (Å²) >= 11 is 1.50. The van der Waals surface area contributed by atoms with Crippen molar-refractivity contribution in [2.75, 3.05) is 18.4 Å². The van der Waals surface area contributed by atoms with Crippen molar-refractivity contribution in [3.8, 4) is 0 Å². The molecule has 1 atom stereocenters. The lowest BCUT2D eigenvalue weighted by molar-refractivity contribution is -0.137. The molecule has 1 aromatic heterocycles. The van der Waals surface area contributed by atoms with Gasteiger partial charge < -0.3 is 10.2 Å². The first kappa shape index (κ1) is 21.3. The Hall–Kier alpha value is -2.41. The Morgan fingerprint density at radius 1 is 1.14 bits per heavy atom. The van der Waals surface area contributed by atoms with Gasteiger partial charge in [-0.2, -0.15) is 0 Å². The van der Waals surface area contributed by atoms with E-state index in [9.17, 15) is 9.59 Å². The van der Waals surface area contributed by atoms with Crippen LogP contribution in [-0.2, 0) is 9.59 Å². The minimum atomic E-state index is -0.163. The van der Waals surface area contributed by atoms with Crippen LogP contribution in [0.25, 0.3) is 0 Å². The highest BCUT2D eigenvalue weighted by Gasteiger charge is 2.29. The number of rotatable bonds is 5. The number of benzene rings is 1. The molecule has 29 heavy (non-hydrogen) atoms. The van der Waals surface area contributed by atoms with Gasteiger partial charge in [-0.1, -0.05) is 13.8 Å². The van der Waals surface area contributed by atoms with Crippen molar-refractivity contribution in [3.63, 3.8) is 0 Å². The maximum Gasteiger partial charge on any atom is 0.229 e. The van der Waals surface area contributed by atoms with Crippen LogP contribution < -0.4 is 5.32 Å². The van der Waals surface area contributed by atoms with Crippen LogP contribution in [-0.4, -0.2) is 39.8 Å². The zero-order chi connectivity index (χ0) is 21.0. The van der Waals surface area contributed by atoms with E-state index in [0.29, 0.717) is 6.54 Å². The standard InChI is InChI=1S/C22H28N4O2S/c1-14(2)21(28)26-11-5-6-17(13-26)20(27)25-18-7-9-19(10-8-18)29-22-23-15(3)12-16(4)24-22/h7-10,12,14,17H,5-6,11,13H2,1-4H3,(H,25,27)/t17-/m1/s1. The third kappa shape index (κ3) is 5.79. The molecule has 154 valence electrons.